The molecule has 26 heavy (non-hydrogen) atoms. The van der Waals surface area contributed by atoms with Crippen LogP contribution in [0.25, 0.3) is 0 Å². The van der Waals surface area contributed by atoms with E-state index in [2.05, 4.69) is 4.98 Å². The van der Waals surface area contributed by atoms with Crippen LogP contribution in [0.1, 0.15) is 11.3 Å². The number of pyridine rings is 1. The van der Waals surface area contributed by atoms with Crippen LogP contribution in [0.3, 0.4) is 0 Å². The van der Waals surface area contributed by atoms with E-state index in [0.29, 0.717) is 26.2 Å². The Kier molecular flexibility index (Phi) is 5.19. The molecule has 0 saturated carbocycles. The third-order valence-electron chi connectivity index (χ3n) is 4.36. The van der Waals surface area contributed by atoms with E-state index >= 15 is 0 Å². The van der Waals surface area contributed by atoms with E-state index in [4.69, 9.17) is 0 Å². The zero-order valence-corrected chi connectivity index (χ0v) is 15.2. The highest BCUT2D eigenvalue weighted by atomic mass is 32.2. The van der Waals surface area contributed by atoms with E-state index in [9.17, 15) is 18.5 Å². The van der Waals surface area contributed by atoms with Crippen molar-refractivity contribution in [3.63, 3.8) is 0 Å². The molecule has 0 atom stereocenters. The summed E-state index contributed by atoms with van der Waals surface area (Å²) in [5.74, 6) is 0.466. The summed E-state index contributed by atoms with van der Waals surface area (Å²) in [6, 6.07) is 11.7. The van der Waals surface area contributed by atoms with E-state index in [-0.39, 0.29) is 17.0 Å². The number of hydrogen-bond acceptors (Lipinski definition) is 6. The van der Waals surface area contributed by atoms with Crippen LogP contribution in [0.4, 0.5) is 11.5 Å². The fourth-order valence-corrected chi connectivity index (χ4v) is 4.54. The molecular weight excluding hydrogens is 356 g/mol. The van der Waals surface area contributed by atoms with Gasteiger partial charge in [-0.3, -0.25) is 10.1 Å². The first-order valence-electron chi connectivity index (χ1n) is 8.25. The minimum atomic E-state index is -3.62. The summed E-state index contributed by atoms with van der Waals surface area (Å²) in [7, 11) is -3.62. The average molecular weight is 376 g/mol. The van der Waals surface area contributed by atoms with Gasteiger partial charge in [-0.05, 0) is 19.1 Å². The van der Waals surface area contributed by atoms with E-state index in [0.717, 1.165) is 11.5 Å². The van der Waals surface area contributed by atoms with Crippen LogP contribution < -0.4 is 4.90 Å². The number of hydrogen-bond donors (Lipinski definition) is 0. The summed E-state index contributed by atoms with van der Waals surface area (Å²) in [5.41, 5.74) is 0.952. The Morgan fingerprint density at radius 1 is 1.08 bits per heavy atom. The molecule has 8 nitrogen and oxygen atoms in total. The number of nitrogens with zero attached hydrogens (tertiary/aromatic N) is 4. The van der Waals surface area contributed by atoms with Gasteiger partial charge >= 0.3 is 0 Å². The molecule has 0 spiro atoms. The van der Waals surface area contributed by atoms with Crippen molar-refractivity contribution in [2.75, 3.05) is 31.1 Å². The van der Waals surface area contributed by atoms with Gasteiger partial charge in [-0.1, -0.05) is 24.3 Å². The minimum absolute atomic E-state index is 0.168. The quantitative estimate of drug-likeness (QED) is 0.584. The summed E-state index contributed by atoms with van der Waals surface area (Å²) >= 11 is 0. The lowest BCUT2D eigenvalue weighted by atomic mass is 10.2. The van der Waals surface area contributed by atoms with E-state index in [1.165, 1.54) is 22.5 Å². The van der Waals surface area contributed by atoms with Gasteiger partial charge in [0.15, 0.2) is 0 Å². The molecule has 0 amide bonds. The number of rotatable bonds is 5. The molecule has 0 unspecified atom stereocenters. The van der Waals surface area contributed by atoms with Gasteiger partial charge in [-0.25, -0.2) is 13.4 Å². The number of piperazine rings is 1. The number of nitro groups is 1. The van der Waals surface area contributed by atoms with Crippen molar-refractivity contribution >= 4 is 21.5 Å². The molecule has 1 aliphatic heterocycles. The number of sulfonamides is 1. The lowest BCUT2D eigenvalue weighted by Crippen LogP contribution is -2.49. The average Bonchev–Trinajstić information content (AvgIpc) is 2.62. The van der Waals surface area contributed by atoms with Crippen LogP contribution >= 0.6 is 0 Å². The maximum absolute atomic E-state index is 12.7. The molecule has 1 aromatic carbocycles. The van der Waals surface area contributed by atoms with Gasteiger partial charge in [-0.2, -0.15) is 4.31 Å². The molecule has 1 aliphatic rings. The van der Waals surface area contributed by atoms with Crippen molar-refractivity contribution < 1.29 is 13.3 Å². The highest BCUT2D eigenvalue weighted by molar-refractivity contribution is 7.88. The van der Waals surface area contributed by atoms with Crippen LogP contribution in [0.15, 0.2) is 42.5 Å². The van der Waals surface area contributed by atoms with Crippen molar-refractivity contribution in [3.8, 4) is 0 Å². The highest BCUT2D eigenvalue weighted by Gasteiger charge is 2.29. The number of para-hydroxylation sites is 1. The standard InChI is InChI=1S/C17H20N4O4S/c1-14-5-4-8-17(18-14)19-9-11-20(12-10-19)26(24,25)13-15-6-2-3-7-16(15)21(22)23/h2-8H,9-13H2,1H3. The summed E-state index contributed by atoms with van der Waals surface area (Å²) in [6.45, 7) is 3.65. The molecular formula is C17H20N4O4S. The van der Waals surface area contributed by atoms with Crippen LogP contribution in [0.5, 0.6) is 0 Å². The molecule has 0 aliphatic carbocycles. The van der Waals surface area contributed by atoms with Crippen LogP contribution in [0.2, 0.25) is 0 Å². The fraction of sp³-hybridized carbons (Fsp3) is 0.353. The molecule has 0 bridgehead atoms. The van der Waals surface area contributed by atoms with Gasteiger partial charge in [0.2, 0.25) is 10.0 Å². The second-order valence-electron chi connectivity index (χ2n) is 6.17. The maximum atomic E-state index is 12.7. The van der Waals surface area contributed by atoms with Gasteiger partial charge in [0.1, 0.15) is 5.82 Å². The Labute approximate surface area is 152 Å². The molecule has 0 N–H and O–H groups in total. The Hall–Kier alpha value is -2.52. The van der Waals surface area contributed by atoms with Crippen molar-refractivity contribution in [1.29, 1.82) is 0 Å². The van der Waals surface area contributed by atoms with Crippen LogP contribution in [-0.2, 0) is 15.8 Å². The predicted octanol–water partition coefficient (Wildman–Crippen LogP) is 1.95. The molecule has 3 rings (SSSR count). The number of benzene rings is 1. The second-order valence-corrected chi connectivity index (χ2v) is 8.13. The lowest BCUT2D eigenvalue weighted by molar-refractivity contribution is -0.385. The topological polar surface area (TPSA) is 96.7 Å². The van der Waals surface area contributed by atoms with E-state index < -0.39 is 14.9 Å². The Bertz CT molecular complexity index is 908. The Balaban J connectivity index is 1.70. The molecule has 2 aromatic rings. The number of anilines is 1. The monoisotopic (exact) mass is 376 g/mol. The molecule has 9 heteroatoms. The molecule has 1 fully saturated rings. The van der Waals surface area contributed by atoms with Gasteiger partial charge in [0.05, 0.1) is 10.7 Å². The first kappa shape index (κ1) is 18.3. The minimum Gasteiger partial charge on any atom is -0.354 e. The largest absolute Gasteiger partial charge is 0.354 e. The summed E-state index contributed by atoms with van der Waals surface area (Å²) in [4.78, 5) is 17.1. The third-order valence-corrected chi connectivity index (χ3v) is 6.18. The lowest BCUT2D eigenvalue weighted by Gasteiger charge is -2.34. The van der Waals surface area contributed by atoms with Gasteiger partial charge in [-0.15, -0.1) is 0 Å². The van der Waals surface area contributed by atoms with Gasteiger partial charge < -0.3 is 4.90 Å². The van der Waals surface area contributed by atoms with Crippen molar-refractivity contribution in [3.05, 3.63) is 63.8 Å². The zero-order valence-electron chi connectivity index (χ0n) is 14.4. The number of aryl methyl sites for hydroxylation is 1. The molecule has 138 valence electrons. The highest BCUT2D eigenvalue weighted by Crippen LogP contribution is 2.23. The van der Waals surface area contributed by atoms with Crippen molar-refractivity contribution in [2.24, 2.45) is 0 Å². The Morgan fingerprint density at radius 2 is 1.77 bits per heavy atom. The van der Waals surface area contributed by atoms with Crippen molar-refractivity contribution in [2.45, 2.75) is 12.7 Å². The SMILES string of the molecule is Cc1cccc(N2CCN(S(=O)(=O)Cc3ccccc3[N+](=O)[O-])CC2)n1. The zero-order chi connectivity index (χ0) is 18.7. The second kappa shape index (κ2) is 7.38. The van der Waals surface area contributed by atoms with Gasteiger partial charge in [0.25, 0.3) is 5.69 Å². The Morgan fingerprint density at radius 3 is 2.42 bits per heavy atom. The third kappa shape index (κ3) is 4.00. The summed E-state index contributed by atoms with van der Waals surface area (Å²) in [5, 5.41) is 11.1. The first-order valence-corrected chi connectivity index (χ1v) is 9.86. The van der Waals surface area contributed by atoms with Gasteiger partial charge in [0, 0.05) is 43.5 Å². The van der Waals surface area contributed by atoms with Crippen molar-refractivity contribution in [1.82, 2.24) is 9.29 Å². The smallest absolute Gasteiger partial charge is 0.273 e. The van der Waals surface area contributed by atoms with E-state index in [1.807, 2.05) is 30.0 Å². The molecule has 0 radical (unpaired) electrons. The number of nitro benzene ring substituents is 1. The maximum Gasteiger partial charge on any atom is 0.273 e. The summed E-state index contributed by atoms with van der Waals surface area (Å²) < 4.78 is 26.8. The summed E-state index contributed by atoms with van der Waals surface area (Å²) in [6.07, 6.45) is 0. The molecule has 1 aromatic heterocycles. The first-order chi connectivity index (χ1) is 12.4. The predicted molar refractivity (Wildman–Crippen MR) is 98.5 cm³/mol. The normalized spacial score (nSPS) is 15.8. The van der Waals surface area contributed by atoms with E-state index in [1.54, 1.807) is 6.07 Å². The molecule has 1 saturated heterocycles. The van der Waals surface area contributed by atoms with Crippen LogP contribution in [0, 0.1) is 17.0 Å². The van der Waals surface area contributed by atoms with Crippen LogP contribution in [-0.4, -0.2) is 48.8 Å². The fourth-order valence-electron chi connectivity index (χ4n) is 3.00. The number of aromatic nitrogens is 1. The molecule has 2 heterocycles.